The standard InChI is InChI=1S/C14H21N3O3/c1-14(13(19)20,12(18)15-2)9-10-7-8-17(16-10)11-5-3-4-6-11/h7-8,11H,3-6,9H2,1-2H3,(H,15,18)(H,19,20). The predicted octanol–water partition coefficient (Wildman–Crippen LogP) is 1.38. The third-order valence-corrected chi connectivity index (χ3v) is 4.10. The molecule has 0 aliphatic heterocycles. The maximum Gasteiger partial charge on any atom is 0.319 e. The van der Waals surface area contributed by atoms with Gasteiger partial charge in [0.05, 0.1) is 11.7 Å². The second kappa shape index (κ2) is 5.64. The summed E-state index contributed by atoms with van der Waals surface area (Å²) in [6, 6.07) is 2.22. The number of hydrogen-bond donors (Lipinski definition) is 2. The fourth-order valence-corrected chi connectivity index (χ4v) is 2.73. The Morgan fingerprint density at radius 1 is 1.50 bits per heavy atom. The monoisotopic (exact) mass is 279 g/mol. The molecule has 1 heterocycles. The zero-order valence-electron chi connectivity index (χ0n) is 11.9. The van der Waals surface area contributed by atoms with Gasteiger partial charge in [-0.3, -0.25) is 14.3 Å². The van der Waals surface area contributed by atoms with Gasteiger partial charge in [0.2, 0.25) is 5.91 Å². The molecule has 6 nitrogen and oxygen atoms in total. The minimum Gasteiger partial charge on any atom is -0.480 e. The van der Waals surface area contributed by atoms with Crippen LogP contribution in [0.3, 0.4) is 0 Å². The number of hydrogen-bond acceptors (Lipinski definition) is 3. The summed E-state index contributed by atoms with van der Waals surface area (Å²) in [5, 5.41) is 16.2. The molecule has 1 aliphatic rings. The van der Waals surface area contributed by atoms with Gasteiger partial charge in [0, 0.05) is 19.7 Å². The van der Waals surface area contributed by atoms with Crippen LogP contribution >= 0.6 is 0 Å². The van der Waals surface area contributed by atoms with Gasteiger partial charge in [-0.2, -0.15) is 5.10 Å². The highest BCUT2D eigenvalue weighted by atomic mass is 16.4. The SMILES string of the molecule is CNC(=O)C(C)(Cc1ccn(C2CCCC2)n1)C(=O)O. The summed E-state index contributed by atoms with van der Waals surface area (Å²) in [5.74, 6) is -1.63. The molecule has 0 bridgehead atoms. The van der Waals surface area contributed by atoms with E-state index in [0.29, 0.717) is 11.7 Å². The maximum absolute atomic E-state index is 11.8. The van der Waals surface area contributed by atoms with Crippen molar-refractivity contribution in [3.8, 4) is 0 Å². The number of aliphatic carboxylic acids is 1. The first-order valence-electron chi connectivity index (χ1n) is 6.97. The summed E-state index contributed by atoms with van der Waals surface area (Å²) in [6.45, 7) is 1.43. The van der Waals surface area contributed by atoms with Gasteiger partial charge in [-0.25, -0.2) is 0 Å². The number of amides is 1. The molecule has 1 amide bonds. The highest BCUT2D eigenvalue weighted by Crippen LogP contribution is 2.29. The van der Waals surface area contributed by atoms with Crippen LogP contribution in [-0.4, -0.2) is 33.8 Å². The molecule has 20 heavy (non-hydrogen) atoms. The van der Waals surface area contributed by atoms with Crippen LogP contribution in [0, 0.1) is 5.41 Å². The van der Waals surface area contributed by atoms with Crippen molar-refractivity contribution in [1.29, 1.82) is 0 Å². The highest BCUT2D eigenvalue weighted by molar-refractivity contribution is 6.01. The van der Waals surface area contributed by atoms with Gasteiger partial charge in [0.25, 0.3) is 0 Å². The van der Waals surface area contributed by atoms with Crippen LogP contribution in [0.4, 0.5) is 0 Å². The third-order valence-electron chi connectivity index (χ3n) is 4.10. The van der Waals surface area contributed by atoms with Crippen molar-refractivity contribution in [3.05, 3.63) is 18.0 Å². The summed E-state index contributed by atoms with van der Waals surface area (Å²) < 4.78 is 1.91. The predicted molar refractivity (Wildman–Crippen MR) is 73.2 cm³/mol. The molecule has 1 saturated carbocycles. The van der Waals surface area contributed by atoms with Crippen LogP contribution < -0.4 is 5.32 Å². The lowest BCUT2D eigenvalue weighted by atomic mass is 9.84. The van der Waals surface area contributed by atoms with E-state index in [1.165, 1.54) is 26.8 Å². The van der Waals surface area contributed by atoms with Gasteiger partial charge >= 0.3 is 5.97 Å². The lowest BCUT2D eigenvalue weighted by molar-refractivity contribution is -0.154. The van der Waals surface area contributed by atoms with Crippen molar-refractivity contribution in [2.75, 3.05) is 7.05 Å². The zero-order chi connectivity index (χ0) is 14.8. The normalized spacial score (nSPS) is 18.7. The van der Waals surface area contributed by atoms with E-state index < -0.39 is 17.3 Å². The lowest BCUT2D eigenvalue weighted by Crippen LogP contribution is -2.44. The molecule has 0 aromatic carbocycles. The number of rotatable bonds is 5. The van der Waals surface area contributed by atoms with E-state index in [1.807, 2.05) is 16.9 Å². The van der Waals surface area contributed by atoms with Gasteiger partial charge in [0.1, 0.15) is 5.41 Å². The molecule has 1 aromatic heterocycles. The minimum absolute atomic E-state index is 0.0989. The summed E-state index contributed by atoms with van der Waals surface area (Å²) in [5.41, 5.74) is -0.839. The number of carbonyl (C=O) groups excluding carboxylic acids is 1. The van der Waals surface area contributed by atoms with E-state index in [-0.39, 0.29) is 6.42 Å². The Morgan fingerprint density at radius 2 is 2.15 bits per heavy atom. The number of carboxylic acid groups (broad SMARTS) is 1. The van der Waals surface area contributed by atoms with Crippen molar-refractivity contribution < 1.29 is 14.7 Å². The molecule has 6 heteroatoms. The molecule has 2 N–H and O–H groups in total. The Bertz CT molecular complexity index is 506. The van der Waals surface area contributed by atoms with Crippen molar-refractivity contribution in [2.24, 2.45) is 5.41 Å². The van der Waals surface area contributed by atoms with E-state index in [9.17, 15) is 14.7 Å². The quantitative estimate of drug-likeness (QED) is 0.797. The molecular formula is C14H21N3O3. The molecule has 1 aliphatic carbocycles. The van der Waals surface area contributed by atoms with Gasteiger partial charge < -0.3 is 10.4 Å². The first-order chi connectivity index (χ1) is 9.47. The third kappa shape index (κ3) is 2.69. The van der Waals surface area contributed by atoms with E-state index >= 15 is 0 Å². The molecule has 0 radical (unpaired) electrons. The number of nitrogens with one attached hydrogen (secondary N) is 1. The Morgan fingerprint density at radius 3 is 2.70 bits per heavy atom. The molecule has 1 atom stereocenters. The zero-order valence-corrected chi connectivity index (χ0v) is 11.9. The average Bonchev–Trinajstić information content (AvgIpc) is 3.07. The fourth-order valence-electron chi connectivity index (χ4n) is 2.73. The average molecular weight is 279 g/mol. The van der Waals surface area contributed by atoms with Crippen molar-refractivity contribution in [3.63, 3.8) is 0 Å². The maximum atomic E-state index is 11.8. The van der Waals surface area contributed by atoms with Crippen molar-refractivity contribution in [2.45, 2.75) is 45.1 Å². The Kier molecular flexibility index (Phi) is 4.11. The Labute approximate surface area is 118 Å². The molecule has 1 unspecified atom stereocenters. The minimum atomic E-state index is -1.48. The summed E-state index contributed by atoms with van der Waals surface area (Å²) in [6.07, 6.45) is 6.65. The van der Waals surface area contributed by atoms with E-state index in [1.54, 1.807) is 0 Å². The molecule has 1 aromatic rings. The first-order valence-corrected chi connectivity index (χ1v) is 6.97. The molecular weight excluding hydrogens is 258 g/mol. The van der Waals surface area contributed by atoms with Crippen LogP contribution in [0.1, 0.15) is 44.3 Å². The lowest BCUT2D eigenvalue weighted by Gasteiger charge is -2.21. The molecule has 110 valence electrons. The highest BCUT2D eigenvalue weighted by Gasteiger charge is 2.41. The van der Waals surface area contributed by atoms with Crippen LogP contribution in [-0.2, 0) is 16.0 Å². The van der Waals surface area contributed by atoms with Crippen LogP contribution in [0.15, 0.2) is 12.3 Å². The summed E-state index contributed by atoms with van der Waals surface area (Å²) in [7, 11) is 1.45. The van der Waals surface area contributed by atoms with Crippen LogP contribution in [0.25, 0.3) is 0 Å². The fraction of sp³-hybridized carbons (Fsp3) is 0.643. The van der Waals surface area contributed by atoms with Crippen molar-refractivity contribution in [1.82, 2.24) is 15.1 Å². The smallest absolute Gasteiger partial charge is 0.319 e. The summed E-state index contributed by atoms with van der Waals surface area (Å²) >= 11 is 0. The number of carbonyl (C=O) groups is 2. The number of carboxylic acids is 1. The Hall–Kier alpha value is -1.85. The molecule has 2 rings (SSSR count). The topological polar surface area (TPSA) is 84.2 Å². The van der Waals surface area contributed by atoms with E-state index in [4.69, 9.17) is 0 Å². The van der Waals surface area contributed by atoms with E-state index in [0.717, 1.165) is 12.8 Å². The summed E-state index contributed by atoms with van der Waals surface area (Å²) in [4.78, 5) is 23.2. The van der Waals surface area contributed by atoms with Crippen LogP contribution in [0.2, 0.25) is 0 Å². The molecule has 0 spiro atoms. The number of nitrogens with zero attached hydrogens (tertiary/aromatic N) is 2. The van der Waals surface area contributed by atoms with Gasteiger partial charge in [-0.05, 0) is 25.8 Å². The van der Waals surface area contributed by atoms with Crippen molar-refractivity contribution >= 4 is 11.9 Å². The second-order valence-corrected chi connectivity index (χ2v) is 5.62. The molecule has 1 fully saturated rings. The van der Waals surface area contributed by atoms with E-state index in [2.05, 4.69) is 10.4 Å². The van der Waals surface area contributed by atoms with Gasteiger partial charge in [-0.1, -0.05) is 12.8 Å². The van der Waals surface area contributed by atoms with Crippen LogP contribution in [0.5, 0.6) is 0 Å². The second-order valence-electron chi connectivity index (χ2n) is 5.62. The van der Waals surface area contributed by atoms with Gasteiger partial charge in [-0.15, -0.1) is 0 Å². The largest absolute Gasteiger partial charge is 0.480 e. The number of aromatic nitrogens is 2. The first kappa shape index (κ1) is 14.6. The van der Waals surface area contributed by atoms with Gasteiger partial charge in [0.15, 0.2) is 0 Å². The Balaban J connectivity index is 2.15. The molecule has 0 saturated heterocycles.